The fraction of sp³-hybridized carbons (Fsp3) is 0.318. The van der Waals surface area contributed by atoms with E-state index in [1.807, 2.05) is 31.3 Å². The maximum Gasteiger partial charge on any atom is 0.350 e. The Kier molecular flexibility index (Phi) is 4.28. The molecule has 0 radical (unpaired) electrons. The number of hydrogen-bond donors (Lipinski definition) is 1. The van der Waals surface area contributed by atoms with Gasteiger partial charge in [0.05, 0.1) is 23.7 Å². The molecule has 2 N–H and O–H groups in total. The number of nitrogen functional groups attached to an aromatic ring is 1. The SMILES string of the molecule is CCOC(=O)c1sc2nc3c(c(-c4c(C)nc5ccccn45)c2c1N)CCCC3. The van der Waals surface area contributed by atoms with Gasteiger partial charge in [-0.05, 0) is 57.2 Å². The van der Waals surface area contributed by atoms with Crippen molar-refractivity contribution in [2.75, 3.05) is 12.3 Å². The normalized spacial score (nSPS) is 13.7. The van der Waals surface area contributed by atoms with E-state index in [2.05, 4.69) is 4.40 Å². The molecule has 0 spiro atoms. The number of nitrogens with two attached hydrogens (primary N) is 1. The lowest BCUT2D eigenvalue weighted by Crippen LogP contribution is -2.09. The number of thiophene rings is 1. The number of rotatable bonds is 3. The smallest absolute Gasteiger partial charge is 0.350 e. The molecule has 1 aliphatic carbocycles. The molecular weight excluding hydrogens is 384 g/mol. The van der Waals surface area contributed by atoms with Crippen LogP contribution in [-0.2, 0) is 17.6 Å². The van der Waals surface area contributed by atoms with Crippen LogP contribution < -0.4 is 5.73 Å². The van der Waals surface area contributed by atoms with Gasteiger partial charge in [0.15, 0.2) is 0 Å². The van der Waals surface area contributed by atoms with Crippen molar-refractivity contribution in [3.05, 3.63) is 46.2 Å². The zero-order chi connectivity index (χ0) is 20.1. The van der Waals surface area contributed by atoms with E-state index in [1.165, 1.54) is 16.9 Å². The number of aromatic nitrogens is 3. The van der Waals surface area contributed by atoms with Crippen molar-refractivity contribution in [2.45, 2.75) is 39.5 Å². The minimum absolute atomic E-state index is 0.315. The fourth-order valence-electron chi connectivity index (χ4n) is 4.33. The molecule has 0 saturated heterocycles. The van der Waals surface area contributed by atoms with Crippen LogP contribution in [0.25, 0.3) is 27.1 Å². The lowest BCUT2D eigenvalue weighted by Gasteiger charge is -2.20. The average Bonchev–Trinajstić information content (AvgIpc) is 3.23. The number of esters is 1. The molecule has 0 fully saturated rings. The second-order valence-corrected chi connectivity index (χ2v) is 8.34. The first-order valence-corrected chi connectivity index (χ1v) is 10.8. The van der Waals surface area contributed by atoms with Crippen molar-refractivity contribution < 1.29 is 9.53 Å². The third-order valence-corrected chi connectivity index (χ3v) is 6.63. The van der Waals surface area contributed by atoms with Crippen molar-refractivity contribution in [3.63, 3.8) is 0 Å². The van der Waals surface area contributed by atoms with E-state index in [0.717, 1.165) is 64.2 Å². The Morgan fingerprint density at radius 3 is 2.93 bits per heavy atom. The van der Waals surface area contributed by atoms with Crippen LogP contribution in [-0.4, -0.2) is 26.9 Å². The van der Waals surface area contributed by atoms with E-state index in [1.54, 1.807) is 6.92 Å². The van der Waals surface area contributed by atoms with E-state index in [0.29, 0.717) is 17.2 Å². The second-order valence-electron chi connectivity index (χ2n) is 7.34. The summed E-state index contributed by atoms with van der Waals surface area (Å²) >= 11 is 1.33. The number of carbonyl (C=O) groups excluding carboxylic acids is 1. The number of fused-ring (bicyclic) bond motifs is 3. The Morgan fingerprint density at radius 1 is 1.28 bits per heavy atom. The largest absolute Gasteiger partial charge is 0.462 e. The molecule has 0 unspecified atom stereocenters. The van der Waals surface area contributed by atoms with Gasteiger partial charge in [-0.3, -0.25) is 4.40 Å². The van der Waals surface area contributed by atoms with Gasteiger partial charge in [-0.1, -0.05) is 6.07 Å². The predicted molar refractivity (Wildman–Crippen MR) is 116 cm³/mol. The van der Waals surface area contributed by atoms with Gasteiger partial charge in [0, 0.05) is 22.8 Å². The first kappa shape index (κ1) is 18.1. The number of nitrogens with zero attached hydrogens (tertiary/aromatic N) is 3. The molecule has 7 heteroatoms. The summed E-state index contributed by atoms with van der Waals surface area (Å²) in [4.78, 5) is 23.4. The quantitative estimate of drug-likeness (QED) is 0.505. The van der Waals surface area contributed by atoms with E-state index >= 15 is 0 Å². The highest BCUT2D eigenvalue weighted by Crippen LogP contribution is 2.44. The summed E-state index contributed by atoms with van der Waals surface area (Å²) in [6, 6.07) is 5.99. The Labute approximate surface area is 172 Å². The van der Waals surface area contributed by atoms with Crippen LogP contribution in [0.15, 0.2) is 24.4 Å². The number of ether oxygens (including phenoxy) is 1. The Hall–Kier alpha value is -2.93. The van der Waals surface area contributed by atoms with Crippen molar-refractivity contribution >= 4 is 38.9 Å². The monoisotopic (exact) mass is 406 g/mol. The molecule has 0 amide bonds. The molecule has 1 aliphatic rings. The van der Waals surface area contributed by atoms with Gasteiger partial charge >= 0.3 is 5.97 Å². The standard InChI is InChI=1S/C22H22N4O2S/c1-3-28-22(27)20-18(23)17-16(13-8-4-5-9-14(13)25-21(17)29-20)19-12(2)24-15-10-6-7-11-26(15)19/h6-7,10-11H,3-5,8-9,23H2,1-2H3. The third-order valence-electron chi connectivity index (χ3n) is 5.56. The van der Waals surface area contributed by atoms with Gasteiger partial charge < -0.3 is 10.5 Å². The summed E-state index contributed by atoms with van der Waals surface area (Å²) in [5.41, 5.74) is 13.3. The van der Waals surface area contributed by atoms with Gasteiger partial charge in [0.2, 0.25) is 0 Å². The first-order chi connectivity index (χ1) is 14.1. The lowest BCUT2D eigenvalue weighted by molar-refractivity contribution is 0.0533. The number of pyridine rings is 2. The highest BCUT2D eigenvalue weighted by molar-refractivity contribution is 7.21. The molecule has 4 aromatic heterocycles. The number of aryl methyl sites for hydroxylation is 2. The molecule has 0 bridgehead atoms. The van der Waals surface area contributed by atoms with E-state index < -0.39 is 0 Å². The average molecular weight is 407 g/mol. The number of carbonyl (C=O) groups is 1. The summed E-state index contributed by atoms with van der Waals surface area (Å²) in [6.07, 6.45) is 6.18. The molecular formula is C22H22N4O2S. The van der Waals surface area contributed by atoms with E-state index in [4.69, 9.17) is 20.4 Å². The maximum absolute atomic E-state index is 12.5. The van der Waals surface area contributed by atoms with Gasteiger partial charge in [0.25, 0.3) is 0 Å². The highest BCUT2D eigenvalue weighted by Gasteiger charge is 2.28. The van der Waals surface area contributed by atoms with Crippen molar-refractivity contribution in [1.82, 2.24) is 14.4 Å². The van der Waals surface area contributed by atoms with Gasteiger partial charge in [-0.2, -0.15) is 0 Å². The van der Waals surface area contributed by atoms with Crippen molar-refractivity contribution in [2.24, 2.45) is 0 Å². The molecule has 0 aliphatic heterocycles. The first-order valence-electron chi connectivity index (χ1n) is 9.95. The van der Waals surface area contributed by atoms with E-state index in [9.17, 15) is 4.79 Å². The zero-order valence-electron chi connectivity index (χ0n) is 16.5. The maximum atomic E-state index is 12.5. The molecule has 6 nitrogen and oxygen atoms in total. The molecule has 0 aromatic carbocycles. The Bertz CT molecular complexity index is 1270. The summed E-state index contributed by atoms with van der Waals surface area (Å²) in [5.74, 6) is -0.383. The lowest BCUT2D eigenvalue weighted by atomic mass is 9.88. The molecule has 29 heavy (non-hydrogen) atoms. The molecule has 4 aromatic rings. The van der Waals surface area contributed by atoms with Crippen LogP contribution in [0, 0.1) is 6.92 Å². The molecule has 4 heterocycles. The molecule has 0 saturated carbocycles. The minimum atomic E-state index is -0.383. The van der Waals surface area contributed by atoms with Crippen molar-refractivity contribution in [1.29, 1.82) is 0 Å². The summed E-state index contributed by atoms with van der Waals surface area (Å²) < 4.78 is 7.35. The van der Waals surface area contributed by atoms with Crippen LogP contribution >= 0.6 is 11.3 Å². The summed E-state index contributed by atoms with van der Waals surface area (Å²) in [7, 11) is 0. The fourth-order valence-corrected chi connectivity index (χ4v) is 5.35. The van der Waals surface area contributed by atoms with Crippen LogP contribution in [0.3, 0.4) is 0 Å². The third kappa shape index (κ3) is 2.72. The summed E-state index contributed by atoms with van der Waals surface area (Å²) in [5, 5.41) is 0.854. The van der Waals surface area contributed by atoms with Gasteiger partial charge in [-0.15, -0.1) is 11.3 Å². The van der Waals surface area contributed by atoms with E-state index in [-0.39, 0.29) is 5.97 Å². The number of anilines is 1. The molecule has 148 valence electrons. The molecule has 5 rings (SSSR count). The minimum Gasteiger partial charge on any atom is -0.462 e. The zero-order valence-corrected chi connectivity index (χ0v) is 17.3. The topological polar surface area (TPSA) is 82.5 Å². The predicted octanol–water partition coefficient (Wildman–Crippen LogP) is 4.56. The molecule has 0 atom stereocenters. The highest BCUT2D eigenvalue weighted by atomic mass is 32.1. The van der Waals surface area contributed by atoms with Crippen LogP contribution in [0.1, 0.15) is 46.4 Å². The number of imidazole rings is 1. The Morgan fingerprint density at radius 2 is 2.10 bits per heavy atom. The van der Waals surface area contributed by atoms with Gasteiger partial charge in [-0.25, -0.2) is 14.8 Å². The Balaban J connectivity index is 1.90. The van der Waals surface area contributed by atoms with Crippen LogP contribution in [0.2, 0.25) is 0 Å². The second kappa shape index (κ2) is 6.84. The van der Waals surface area contributed by atoms with Crippen molar-refractivity contribution in [3.8, 4) is 11.3 Å². The number of hydrogen-bond acceptors (Lipinski definition) is 6. The van der Waals surface area contributed by atoms with Crippen LogP contribution in [0.5, 0.6) is 0 Å². The summed E-state index contributed by atoms with van der Waals surface area (Å²) in [6.45, 7) is 4.14. The van der Waals surface area contributed by atoms with Gasteiger partial charge in [0.1, 0.15) is 15.4 Å². The van der Waals surface area contributed by atoms with Crippen LogP contribution in [0.4, 0.5) is 5.69 Å².